The maximum Gasteiger partial charge on any atom is 0.0924 e. The molecule has 0 aromatic carbocycles. The standard InChI is InChI=1S/C11H18N2O/c1-4-5-14-13-10(3)11-6-9(2)7-12-8-11/h4,6,11-13H,1,3,5,7-8H2,2H3. The second kappa shape index (κ2) is 5.62. The summed E-state index contributed by atoms with van der Waals surface area (Å²) in [5, 5.41) is 3.31. The Bertz CT molecular complexity index is 246. The Kier molecular flexibility index (Phi) is 4.43. The molecule has 78 valence electrons. The minimum Gasteiger partial charge on any atom is -0.312 e. The molecule has 14 heavy (non-hydrogen) atoms. The fraction of sp³-hybridized carbons (Fsp3) is 0.455. The molecular formula is C11H18N2O. The molecule has 3 nitrogen and oxygen atoms in total. The van der Waals surface area contributed by atoms with Crippen LogP contribution >= 0.6 is 0 Å². The molecule has 0 aromatic rings. The molecule has 0 aliphatic carbocycles. The van der Waals surface area contributed by atoms with E-state index < -0.39 is 0 Å². The van der Waals surface area contributed by atoms with Crippen molar-refractivity contribution in [3.05, 3.63) is 36.6 Å². The van der Waals surface area contributed by atoms with E-state index in [4.69, 9.17) is 4.84 Å². The van der Waals surface area contributed by atoms with E-state index in [1.54, 1.807) is 6.08 Å². The Hall–Kier alpha value is -1.06. The number of hydroxylamine groups is 1. The lowest BCUT2D eigenvalue weighted by atomic mass is 10.00. The van der Waals surface area contributed by atoms with Gasteiger partial charge in [-0.2, -0.15) is 0 Å². The van der Waals surface area contributed by atoms with Gasteiger partial charge in [0.05, 0.1) is 6.61 Å². The van der Waals surface area contributed by atoms with E-state index in [9.17, 15) is 0 Å². The predicted octanol–water partition coefficient (Wildman–Crippen LogP) is 1.37. The van der Waals surface area contributed by atoms with E-state index in [2.05, 4.69) is 37.0 Å². The zero-order valence-electron chi connectivity index (χ0n) is 8.68. The van der Waals surface area contributed by atoms with E-state index in [0.29, 0.717) is 12.5 Å². The maximum absolute atomic E-state index is 5.11. The molecule has 1 aliphatic rings. The SMILES string of the molecule is C=CCONC(=C)C1C=C(C)CNC1. The largest absolute Gasteiger partial charge is 0.312 e. The van der Waals surface area contributed by atoms with Crippen molar-refractivity contribution in [1.29, 1.82) is 0 Å². The van der Waals surface area contributed by atoms with Gasteiger partial charge in [-0.15, -0.1) is 6.58 Å². The Morgan fingerprint density at radius 1 is 1.86 bits per heavy atom. The van der Waals surface area contributed by atoms with Gasteiger partial charge in [-0.25, -0.2) is 0 Å². The van der Waals surface area contributed by atoms with Crippen molar-refractivity contribution in [2.45, 2.75) is 6.92 Å². The van der Waals surface area contributed by atoms with E-state index >= 15 is 0 Å². The van der Waals surface area contributed by atoms with E-state index in [0.717, 1.165) is 18.8 Å². The quantitative estimate of drug-likeness (QED) is 0.394. The molecular weight excluding hydrogens is 176 g/mol. The number of hydrogen-bond donors (Lipinski definition) is 2. The molecule has 1 atom stereocenters. The highest BCUT2D eigenvalue weighted by Crippen LogP contribution is 2.13. The van der Waals surface area contributed by atoms with Crippen molar-refractivity contribution in [3.8, 4) is 0 Å². The van der Waals surface area contributed by atoms with Crippen LogP contribution in [0.2, 0.25) is 0 Å². The maximum atomic E-state index is 5.11. The molecule has 3 heteroatoms. The smallest absolute Gasteiger partial charge is 0.0924 e. The van der Waals surface area contributed by atoms with Crippen LogP contribution in [0.15, 0.2) is 36.6 Å². The summed E-state index contributed by atoms with van der Waals surface area (Å²) in [5.41, 5.74) is 5.05. The predicted molar refractivity (Wildman–Crippen MR) is 58.5 cm³/mol. The first-order valence-corrected chi connectivity index (χ1v) is 4.79. The van der Waals surface area contributed by atoms with Gasteiger partial charge in [-0.05, 0) is 6.92 Å². The molecule has 0 saturated carbocycles. The van der Waals surface area contributed by atoms with Crippen molar-refractivity contribution < 1.29 is 4.84 Å². The summed E-state index contributed by atoms with van der Waals surface area (Å²) < 4.78 is 0. The molecule has 1 heterocycles. The van der Waals surface area contributed by atoms with Crippen LogP contribution in [0.25, 0.3) is 0 Å². The first-order chi connectivity index (χ1) is 6.74. The Labute approximate surface area is 85.5 Å². The van der Waals surface area contributed by atoms with Gasteiger partial charge in [-0.1, -0.05) is 24.3 Å². The highest BCUT2D eigenvalue weighted by atomic mass is 16.6. The number of hydrogen-bond acceptors (Lipinski definition) is 3. The fourth-order valence-corrected chi connectivity index (χ4v) is 1.38. The van der Waals surface area contributed by atoms with Crippen molar-refractivity contribution in [2.24, 2.45) is 5.92 Å². The second-order valence-electron chi connectivity index (χ2n) is 3.48. The highest BCUT2D eigenvalue weighted by molar-refractivity contribution is 5.16. The zero-order valence-corrected chi connectivity index (χ0v) is 8.68. The number of nitrogens with one attached hydrogen (secondary N) is 2. The van der Waals surface area contributed by atoms with Gasteiger partial charge in [0.2, 0.25) is 0 Å². The lowest BCUT2D eigenvalue weighted by Gasteiger charge is -2.22. The molecule has 1 unspecified atom stereocenters. The van der Waals surface area contributed by atoms with Crippen molar-refractivity contribution >= 4 is 0 Å². The summed E-state index contributed by atoms with van der Waals surface area (Å²) >= 11 is 0. The molecule has 1 aliphatic heterocycles. The highest BCUT2D eigenvalue weighted by Gasteiger charge is 2.13. The van der Waals surface area contributed by atoms with Gasteiger partial charge in [0.25, 0.3) is 0 Å². The van der Waals surface area contributed by atoms with Crippen LogP contribution in [0.3, 0.4) is 0 Å². The third-order valence-corrected chi connectivity index (χ3v) is 2.11. The van der Waals surface area contributed by atoms with Gasteiger partial charge < -0.3 is 5.32 Å². The second-order valence-corrected chi connectivity index (χ2v) is 3.48. The van der Waals surface area contributed by atoms with Crippen LogP contribution in [-0.4, -0.2) is 19.7 Å². The molecule has 0 aromatic heterocycles. The zero-order chi connectivity index (χ0) is 10.4. The third-order valence-electron chi connectivity index (χ3n) is 2.11. The average molecular weight is 194 g/mol. The average Bonchev–Trinajstić information content (AvgIpc) is 2.18. The Morgan fingerprint density at radius 3 is 3.29 bits per heavy atom. The first-order valence-electron chi connectivity index (χ1n) is 4.79. The molecule has 1 rings (SSSR count). The topological polar surface area (TPSA) is 33.3 Å². The van der Waals surface area contributed by atoms with Crippen LogP contribution in [0.1, 0.15) is 6.92 Å². The third kappa shape index (κ3) is 3.36. The van der Waals surface area contributed by atoms with E-state index in [1.165, 1.54) is 5.57 Å². The minimum atomic E-state index is 0.313. The molecule has 0 radical (unpaired) electrons. The normalized spacial score (nSPS) is 21.2. The van der Waals surface area contributed by atoms with Crippen LogP contribution < -0.4 is 10.8 Å². The van der Waals surface area contributed by atoms with Crippen molar-refractivity contribution in [3.63, 3.8) is 0 Å². The van der Waals surface area contributed by atoms with Crippen LogP contribution in [-0.2, 0) is 4.84 Å². The monoisotopic (exact) mass is 194 g/mol. The summed E-state index contributed by atoms with van der Waals surface area (Å²) in [7, 11) is 0. The van der Waals surface area contributed by atoms with Crippen molar-refractivity contribution in [1.82, 2.24) is 10.8 Å². The Balaban J connectivity index is 2.36. The van der Waals surface area contributed by atoms with Gasteiger partial charge >= 0.3 is 0 Å². The number of rotatable bonds is 5. The molecule has 2 N–H and O–H groups in total. The van der Waals surface area contributed by atoms with Crippen LogP contribution in [0.5, 0.6) is 0 Å². The van der Waals surface area contributed by atoms with Gasteiger partial charge in [0, 0.05) is 24.7 Å². The van der Waals surface area contributed by atoms with Crippen LogP contribution in [0.4, 0.5) is 0 Å². The van der Waals surface area contributed by atoms with Crippen LogP contribution in [0, 0.1) is 5.92 Å². The first kappa shape index (κ1) is 11.0. The summed E-state index contributed by atoms with van der Waals surface area (Å²) in [5.74, 6) is 0.313. The fourth-order valence-electron chi connectivity index (χ4n) is 1.38. The van der Waals surface area contributed by atoms with E-state index in [-0.39, 0.29) is 0 Å². The lowest BCUT2D eigenvalue weighted by Crippen LogP contribution is -2.33. The van der Waals surface area contributed by atoms with Gasteiger partial charge in [-0.3, -0.25) is 10.3 Å². The molecule has 0 fully saturated rings. The molecule has 0 bridgehead atoms. The van der Waals surface area contributed by atoms with Gasteiger partial charge in [0.1, 0.15) is 0 Å². The summed E-state index contributed by atoms with van der Waals surface area (Å²) in [6.07, 6.45) is 3.91. The summed E-state index contributed by atoms with van der Waals surface area (Å²) in [6, 6.07) is 0. The molecule has 0 amide bonds. The minimum absolute atomic E-state index is 0.313. The van der Waals surface area contributed by atoms with E-state index in [1.807, 2.05) is 0 Å². The summed E-state index contributed by atoms with van der Waals surface area (Å²) in [6.45, 7) is 12.0. The van der Waals surface area contributed by atoms with Crippen molar-refractivity contribution in [2.75, 3.05) is 19.7 Å². The Morgan fingerprint density at radius 2 is 2.64 bits per heavy atom. The molecule has 0 saturated heterocycles. The van der Waals surface area contributed by atoms with Gasteiger partial charge in [0.15, 0.2) is 0 Å². The lowest BCUT2D eigenvalue weighted by molar-refractivity contribution is 0.0802. The summed E-state index contributed by atoms with van der Waals surface area (Å²) in [4.78, 5) is 5.11. The molecule has 0 spiro atoms.